The summed E-state index contributed by atoms with van der Waals surface area (Å²) in [5.74, 6) is 6.19. The van der Waals surface area contributed by atoms with Crippen LogP contribution >= 0.6 is 0 Å². The zero-order chi connectivity index (χ0) is 15.1. The maximum Gasteiger partial charge on any atom is 0.339 e. The second-order valence-electron chi connectivity index (χ2n) is 5.68. The molecule has 1 aromatic rings. The highest BCUT2D eigenvalue weighted by Crippen LogP contribution is 2.17. The molecule has 0 saturated heterocycles. The van der Waals surface area contributed by atoms with Crippen LogP contribution in [-0.4, -0.2) is 12.1 Å². The molecule has 2 rings (SSSR count). The third-order valence-corrected chi connectivity index (χ3v) is 3.51. The highest BCUT2D eigenvalue weighted by atomic mass is 16.5. The van der Waals surface area contributed by atoms with Crippen molar-refractivity contribution in [1.29, 1.82) is 0 Å². The first-order valence-corrected chi connectivity index (χ1v) is 7.63. The van der Waals surface area contributed by atoms with Crippen LogP contribution in [0.25, 0.3) is 0 Å². The number of ether oxygens (including phenoxy) is 1. The molecule has 0 heterocycles. The number of carbonyl (C=O) groups excluding carboxylic acids is 1. The van der Waals surface area contributed by atoms with E-state index in [9.17, 15) is 4.79 Å². The summed E-state index contributed by atoms with van der Waals surface area (Å²) in [5.41, 5.74) is 1.75. The van der Waals surface area contributed by atoms with E-state index in [4.69, 9.17) is 4.74 Å². The Hall–Kier alpha value is -2.01. The highest BCUT2D eigenvalue weighted by Gasteiger charge is 2.17. The van der Waals surface area contributed by atoms with Gasteiger partial charge in [-0.15, -0.1) is 0 Å². The predicted molar refractivity (Wildman–Crippen MR) is 84.8 cm³/mol. The lowest BCUT2D eigenvalue weighted by molar-refractivity contribution is 0.0330. The highest BCUT2D eigenvalue weighted by molar-refractivity contribution is 5.89. The third-order valence-electron chi connectivity index (χ3n) is 3.51. The lowest BCUT2D eigenvalue weighted by Crippen LogP contribution is -2.22. The van der Waals surface area contributed by atoms with Crippen LogP contribution in [-0.2, 0) is 4.74 Å². The lowest BCUT2D eigenvalue weighted by Gasteiger charge is -2.16. The zero-order valence-corrected chi connectivity index (χ0v) is 12.8. The molecule has 2 heteroatoms. The maximum absolute atomic E-state index is 12.1. The van der Waals surface area contributed by atoms with Gasteiger partial charge in [-0.3, -0.25) is 0 Å². The van der Waals surface area contributed by atoms with Gasteiger partial charge in [0.2, 0.25) is 0 Å². The Balaban J connectivity index is 2.04. The van der Waals surface area contributed by atoms with Gasteiger partial charge in [-0.05, 0) is 43.4 Å². The average molecular weight is 282 g/mol. The van der Waals surface area contributed by atoms with Gasteiger partial charge in [-0.25, -0.2) is 4.79 Å². The Morgan fingerprint density at radius 2 is 1.95 bits per heavy atom. The fraction of sp³-hybridized carbons (Fsp3) is 0.421. The summed E-state index contributed by atoms with van der Waals surface area (Å²) >= 11 is 0. The van der Waals surface area contributed by atoms with Crippen LogP contribution < -0.4 is 0 Å². The first kappa shape index (κ1) is 15.4. The molecule has 2 nitrogen and oxygen atoms in total. The molecule has 1 aromatic carbocycles. The largest absolute Gasteiger partial charge is 0.445 e. The summed E-state index contributed by atoms with van der Waals surface area (Å²) in [5, 5.41) is 0. The molecule has 1 atom stereocenters. The molecule has 0 N–H and O–H groups in total. The fourth-order valence-corrected chi connectivity index (χ4v) is 2.21. The van der Waals surface area contributed by atoms with Crippen molar-refractivity contribution >= 4 is 5.97 Å². The topological polar surface area (TPSA) is 26.3 Å². The van der Waals surface area contributed by atoms with Crippen LogP contribution in [0.3, 0.4) is 0 Å². The fourth-order valence-electron chi connectivity index (χ4n) is 2.21. The molecular formula is C19H22O2. The number of benzene rings is 1. The minimum Gasteiger partial charge on any atom is -0.445 e. The van der Waals surface area contributed by atoms with Crippen molar-refractivity contribution in [2.45, 2.75) is 45.6 Å². The van der Waals surface area contributed by atoms with Crippen LogP contribution in [0.5, 0.6) is 0 Å². The summed E-state index contributed by atoms with van der Waals surface area (Å²) < 4.78 is 5.55. The summed E-state index contributed by atoms with van der Waals surface area (Å²) in [7, 11) is 0. The van der Waals surface area contributed by atoms with E-state index in [1.54, 1.807) is 12.1 Å². The first-order valence-electron chi connectivity index (χ1n) is 7.63. The summed E-state index contributed by atoms with van der Waals surface area (Å²) in [6.45, 7) is 4.04. The van der Waals surface area contributed by atoms with Gasteiger partial charge in [0.05, 0.1) is 5.56 Å². The van der Waals surface area contributed by atoms with Gasteiger partial charge in [0.25, 0.3) is 0 Å². The van der Waals surface area contributed by atoms with Crippen LogP contribution in [0.1, 0.15) is 49.9 Å². The molecule has 0 aromatic heterocycles. The molecule has 110 valence electrons. The molecule has 1 unspecified atom stereocenters. The second kappa shape index (κ2) is 7.69. The van der Waals surface area contributed by atoms with Crippen LogP contribution in [0.15, 0.2) is 42.0 Å². The molecule has 0 spiro atoms. The molecule has 0 saturated carbocycles. The van der Waals surface area contributed by atoms with Crippen LogP contribution in [0.2, 0.25) is 0 Å². The SMILES string of the molecule is CC(C)C(C#CC1=CCCCC1)OC(=O)c1ccccc1. The van der Waals surface area contributed by atoms with Gasteiger partial charge in [0.1, 0.15) is 0 Å². The molecule has 0 bridgehead atoms. The summed E-state index contributed by atoms with van der Waals surface area (Å²) in [6, 6.07) is 9.07. The second-order valence-corrected chi connectivity index (χ2v) is 5.68. The monoisotopic (exact) mass is 282 g/mol. The van der Waals surface area contributed by atoms with Gasteiger partial charge in [-0.1, -0.05) is 50.0 Å². The molecule has 21 heavy (non-hydrogen) atoms. The van der Waals surface area contributed by atoms with Gasteiger partial charge >= 0.3 is 5.97 Å². The molecule has 0 fully saturated rings. The minimum absolute atomic E-state index is 0.175. The summed E-state index contributed by atoms with van der Waals surface area (Å²) in [4.78, 5) is 12.1. The van der Waals surface area contributed by atoms with Gasteiger partial charge in [0.15, 0.2) is 6.10 Å². The van der Waals surface area contributed by atoms with Crippen molar-refractivity contribution in [3.05, 3.63) is 47.5 Å². The number of carbonyl (C=O) groups is 1. The standard InChI is InChI=1S/C19H22O2/c1-15(2)18(14-13-16-9-5-3-6-10-16)21-19(20)17-11-7-4-8-12-17/h4,7-9,11-12,15,18H,3,5-6,10H2,1-2H3. The molecule has 0 amide bonds. The molecule has 1 aliphatic carbocycles. The molecule has 1 aliphatic rings. The van der Waals surface area contributed by atoms with Crippen LogP contribution in [0, 0.1) is 17.8 Å². The smallest absolute Gasteiger partial charge is 0.339 e. The van der Waals surface area contributed by atoms with Gasteiger partial charge in [-0.2, -0.15) is 0 Å². The van der Waals surface area contributed by atoms with Crippen molar-refractivity contribution in [2.24, 2.45) is 5.92 Å². The van der Waals surface area contributed by atoms with E-state index in [-0.39, 0.29) is 18.0 Å². The van der Waals surface area contributed by atoms with Crippen molar-refractivity contribution in [3.63, 3.8) is 0 Å². The zero-order valence-electron chi connectivity index (χ0n) is 12.8. The van der Waals surface area contributed by atoms with Crippen molar-refractivity contribution in [1.82, 2.24) is 0 Å². The van der Waals surface area contributed by atoms with Crippen molar-refractivity contribution in [3.8, 4) is 11.8 Å². The predicted octanol–water partition coefficient (Wildman–Crippen LogP) is 4.37. The minimum atomic E-state index is -0.361. The lowest BCUT2D eigenvalue weighted by atomic mass is 9.99. The maximum atomic E-state index is 12.1. The van der Waals surface area contributed by atoms with E-state index in [1.807, 2.05) is 32.0 Å². The normalized spacial score (nSPS) is 15.7. The van der Waals surface area contributed by atoms with E-state index < -0.39 is 0 Å². The number of rotatable bonds is 3. The van der Waals surface area contributed by atoms with E-state index in [2.05, 4.69) is 17.9 Å². The van der Waals surface area contributed by atoms with Crippen LogP contribution in [0.4, 0.5) is 0 Å². The Bertz CT molecular complexity index is 558. The number of hydrogen-bond acceptors (Lipinski definition) is 2. The molecule has 0 radical (unpaired) electrons. The van der Waals surface area contributed by atoms with E-state index in [1.165, 1.54) is 18.4 Å². The Labute approximate surface area is 127 Å². The third kappa shape index (κ3) is 4.79. The van der Waals surface area contributed by atoms with Gasteiger partial charge < -0.3 is 4.74 Å². The average Bonchev–Trinajstić information content (AvgIpc) is 2.52. The molecule has 0 aliphatic heterocycles. The Morgan fingerprint density at radius 3 is 2.57 bits per heavy atom. The number of esters is 1. The Kier molecular flexibility index (Phi) is 5.63. The van der Waals surface area contributed by atoms with Crippen molar-refractivity contribution in [2.75, 3.05) is 0 Å². The van der Waals surface area contributed by atoms with E-state index in [0.29, 0.717) is 5.56 Å². The number of allylic oxidation sites excluding steroid dienone is 2. The quantitative estimate of drug-likeness (QED) is 0.608. The van der Waals surface area contributed by atoms with E-state index in [0.717, 1.165) is 12.8 Å². The molecular weight excluding hydrogens is 260 g/mol. The van der Waals surface area contributed by atoms with E-state index >= 15 is 0 Å². The number of hydrogen-bond donors (Lipinski definition) is 0. The van der Waals surface area contributed by atoms with Crippen molar-refractivity contribution < 1.29 is 9.53 Å². The summed E-state index contributed by atoms with van der Waals surface area (Å²) in [6.07, 6.45) is 6.45. The van der Waals surface area contributed by atoms with Gasteiger partial charge in [0, 0.05) is 5.92 Å². The Morgan fingerprint density at radius 1 is 1.19 bits per heavy atom. The first-order chi connectivity index (χ1) is 10.2.